The van der Waals surface area contributed by atoms with Gasteiger partial charge in [-0.3, -0.25) is 4.90 Å². The normalized spacial score (nSPS) is 12.4. The maximum absolute atomic E-state index is 11.6. The van der Waals surface area contributed by atoms with Crippen molar-refractivity contribution < 1.29 is 19.4 Å². The largest absolute Gasteiger partial charge is 0.465 e. The van der Waals surface area contributed by atoms with E-state index in [4.69, 9.17) is 9.47 Å². The standard InChI is InChI=1S/C15H22INO4/c1-11(2)17(15(18)19)14(8-9-21-10-20-3)12-6-4-5-7-13(12)16/h4-7,11,14H,8-10H2,1-3H3,(H,18,19)/t14-/m0/s1. The molecule has 1 atom stereocenters. The quantitative estimate of drug-likeness (QED) is 0.405. The number of hydrogen-bond acceptors (Lipinski definition) is 3. The van der Waals surface area contributed by atoms with Gasteiger partial charge in [0.1, 0.15) is 6.79 Å². The van der Waals surface area contributed by atoms with Crippen LogP contribution in [0.1, 0.15) is 31.9 Å². The molecule has 1 N–H and O–H groups in total. The molecule has 5 nitrogen and oxygen atoms in total. The van der Waals surface area contributed by atoms with E-state index in [0.29, 0.717) is 13.0 Å². The lowest BCUT2D eigenvalue weighted by Gasteiger charge is -2.33. The van der Waals surface area contributed by atoms with Gasteiger partial charge in [0, 0.05) is 16.7 Å². The Hall–Kier alpha value is -0.860. The van der Waals surface area contributed by atoms with Gasteiger partial charge in [0.15, 0.2) is 0 Å². The van der Waals surface area contributed by atoms with Crippen molar-refractivity contribution in [2.75, 3.05) is 20.5 Å². The third-order valence-electron chi connectivity index (χ3n) is 3.11. The second-order valence-electron chi connectivity index (χ2n) is 4.92. The Morgan fingerprint density at radius 3 is 2.57 bits per heavy atom. The zero-order chi connectivity index (χ0) is 15.8. The summed E-state index contributed by atoms with van der Waals surface area (Å²) in [4.78, 5) is 13.1. The first-order valence-electron chi connectivity index (χ1n) is 6.81. The van der Waals surface area contributed by atoms with Crippen LogP contribution in [0, 0.1) is 3.57 Å². The summed E-state index contributed by atoms with van der Waals surface area (Å²) in [5, 5.41) is 9.53. The molecule has 0 aliphatic heterocycles. The maximum Gasteiger partial charge on any atom is 0.408 e. The summed E-state index contributed by atoms with van der Waals surface area (Å²) >= 11 is 2.24. The predicted molar refractivity (Wildman–Crippen MR) is 89.3 cm³/mol. The first-order valence-corrected chi connectivity index (χ1v) is 7.89. The highest BCUT2D eigenvalue weighted by Crippen LogP contribution is 2.30. The monoisotopic (exact) mass is 407 g/mol. The van der Waals surface area contributed by atoms with E-state index >= 15 is 0 Å². The molecule has 21 heavy (non-hydrogen) atoms. The minimum atomic E-state index is -0.915. The molecule has 118 valence electrons. The van der Waals surface area contributed by atoms with E-state index in [1.807, 2.05) is 38.1 Å². The lowest BCUT2D eigenvalue weighted by molar-refractivity contribution is -0.0372. The molecule has 0 aliphatic carbocycles. The van der Waals surface area contributed by atoms with Crippen LogP contribution in [0.3, 0.4) is 0 Å². The molecule has 0 fully saturated rings. The van der Waals surface area contributed by atoms with Crippen LogP contribution in [0.2, 0.25) is 0 Å². The van der Waals surface area contributed by atoms with Crippen molar-refractivity contribution in [3.8, 4) is 0 Å². The van der Waals surface area contributed by atoms with Crippen molar-refractivity contribution >= 4 is 28.7 Å². The van der Waals surface area contributed by atoms with Gasteiger partial charge in [0.25, 0.3) is 0 Å². The molecule has 1 aromatic rings. The highest BCUT2D eigenvalue weighted by atomic mass is 127. The van der Waals surface area contributed by atoms with E-state index in [1.54, 1.807) is 7.11 Å². The molecule has 0 saturated heterocycles. The highest BCUT2D eigenvalue weighted by molar-refractivity contribution is 14.1. The number of nitrogens with zero attached hydrogens (tertiary/aromatic N) is 1. The summed E-state index contributed by atoms with van der Waals surface area (Å²) in [6.45, 7) is 4.42. The number of hydrogen-bond donors (Lipinski definition) is 1. The Bertz CT molecular complexity index is 453. The van der Waals surface area contributed by atoms with Crippen molar-refractivity contribution in [3.63, 3.8) is 0 Å². The molecule has 1 amide bonds. The minimum Gasteiger partial charge on any atom is -0.465 e. The summed E-state index contributed by atoms with van der Waals surface area (Å²) in [6.07, 6.45) is -0.324. The lowest BCUT2D eigenvalue weighted by Crippen LogP contribution is -2.40. The van der Waals surface area contributed by atoms with Gasteiger partial charge in [-0.2, -0.15) is 0 Å². The third kappa shape index (κ3) is 5.44. The van der Waals surface area contributed by atoms with Crippen molar-refractivity contribution in [3.05, 3.63) is 33.4 Å². The molecule has 0 unspecified atom stereocenters. The van der Waals surface area contributed by atoms with Crippen LogP contribution >= 0.6 is 22.6 Å². The van der Waals surface area contributed by atoms with Gasteiger partial charge in [0.2, 0.25) is 0 Å². The zero-order valence-corrected chi connectivity index (χ0v) is 14.7. The summed E-state index contributed by atoms with van der Waals surface area (Å²) < 4.78 is 11.2. The van der Waals surface area contributed by atoms with Gasteiger partial charge in [-0.15, -0.1) is 0 Å². The Morgan fingerprint density at radius 1 is 1.38 bits per heavy atom. The number of rotatable bonds is 8. The number of carboxylic acid groups (broad SMARTS) is 1. The van der Waals surface area contributed by atoms with E-state index in [2.05, 4.69) is 22.6 Å². The van der Waals surface area contributed by atoms with Gasteiger partial charge in [0.05, 0.1) is 12.6 Å². The smallest absolute Gasteiger partial charge is 0.408 e. The number of benzene rings is 1. The molecular formula is C15H22INO4. The molecular weight excluding hydrogens is 385 g/mol. The van der Waals surface area contributed by atoms with Crippen molar-refractivity contribution in [1.29, 1.82) is 0 Å². The molecule has 0 bridgehead atoms. The summed E-state index contributed by atoms with van der Waals surface area (Å²) in [6, 6.07) is 7.50. The molecule has 1 aromatic carbocycles. The molecule has 0 radical (unpaired) electrons. The van der Waals surface area contributed by atoms with E-state index in [1.165, 1.54) is 4.90 Å². The molecule has 0 aromatic heterocycles. The van der Waals surface area contributed by atoms with E-state index < -0.39 is 6.09 Å². The van der Waals surface area contributed by atoms with Crippen LogP contribution < -0.4 is 0 Å². The second kappa shape index (κ2) is 9.22. The second-order valence-corrected chi connectivity index (χ2v) is 6.09. The third-order valence-corrected chi connectivity index (χ3v) is 4.10. The Morgan fingerprint density at radius 2 is 2.05 bits per heavy atom. The van der Waals surface area contributed by atoms with Crippen LogP contribution in [0.15, 0.2) is 24.3 Å². The SMILES string of the molecule is COCOCC[C@@H](c1ccccc1I)N(C(=O)O)C(C)C. The lowest BCUT2D eigenvalue weighted by atomic mass is 10.0. The Kier molecular flexibility index (Phi) is 7.98. The molecule has 0 saturated carbocycles. The fourth-order valence-electron chi connectivity index (χ4n) is 2.24. The number of halogens is 1. The fraction of sp³-hybridized carbons (Fsp3) is 0.533. The average Bonchev–Trinajstić information content (AvgIpc) is 2.42. The minimum absolute atomic E-state index is 0.106. The summed E-state index contributed by atoms with van der Waals surface area (Å²) in [5.74, 6) is 0. The summed E-state index contributed by atoms with van der Waals surface area (Å²) in [5.41, 5.74) is 1.01. The molecule has 0 aliphatic rings. The average molecular weight is 407 g/mol. The van der Waals surface area contributed by atoms with Crippen molar-refractivity contribution in [2.45, 2.75) is 32.4 Å². The topological polar surface area (TPSA) is 59.0 Å². The van der Waals surface area contributed by atoms with Crippen LogP contribution in [0.4, 0.5) is 4.79 Å². The van der Waals surface area contributed by atoms with Crippen LogP contribution in [0.5, 0.6) is 0 Å². The number of ether oxygens (including phenoxy) is 2. The molecule has 0 spiro atoms. The first kappa shape index (κ1) is 18.2. The van der Waals surface area contributed by atoms with Crippen LogP contribution in [-0.4, -0.2) is 42.7 Å². The number of amides is 1. The van der Waals surface area contributed by atoms with E-state index in [-0.39, 0.29) is 18.9 Å². The molecule has 1 rings (SSSR count). The van der Waals surface area contributed by atoms with Gasteiger partial charge >= 0.3 is 6.09 Å². The van der Waals surface area contributed by atoms with Crippen LogP contribution in [0.25, 0.3) is 0 Å². The molecule has 6 heteroatoms. The molecule has 0 heterocycles. The number of methoxy groups -OCH3 is 1. The Labute approximate surface area is 139 Å². The van der Waals surface area contributed by atoms with Gasteiger partial charge in [-0.05, 0) is 54.5 Å². The van der Waals surface area contributed by atoms with Gasteiger partial charge in [-0.25, -0.2) is 4.79 Å². The van der Waals surface area contributed by atoms with Gasteiger partial charge < -0.3 is 14.6 Å². The fourth-order valence-corrected chi connectivity index (χ4v) is 2.99. The van der Waals surface area contributed by atoms with E-state index in [0.717, 1.165) is 9.13 Å². The maximum atomic E-state index is 11.6. The van der Waals surface area contributed by atoms with Gasteiger partial charge in [-0.1, -0.05) is 18.2 Å². The number of carbonyl (C=O) groups is 1. The predicted octanol–water partition coefficient (Wildman–Crippen LogP) is 3.73. The first-order chi connectivity index (χ1) is 9.99. The highest BCUT2D eigenvalue weighted by Gasteiger charge is 2.28. The van der Waals surface area contributed by atoms with Crippen molar-refractivity contribution in [2.24, 2.45) is 0 Å². The van der Waals surface area contributed by atoms with Crippen LogP contribution in [-0.2, 0) is 9.47 Å². The van der Waals surface area contributed by atoms with E-state index in [9.17, 15) is 9.90 Å². The van der Waals surface area contributed by atoms with Crippen molar-refractivity contribution in [1.82, 2.24) is 4.90 Å². The zero-order valence-electron chi connectivity index (χ0n) is 12.6. The Balaban J connectivity index is 2.98. The summed E-state index contributed by atoms with van der Waals surface area (Å²) in [7, 11) is 1.56.